The highest BCUT2D eigenvalue weighted by atomic mass is 32.2. The molecule has 1 aliphatic heterocycles. The second kappa shape index (κ2) is 7.78. The Kier molecular flexibility index (Phi) is 6.02. The summed E-state index contributed by atoms with van der Waals surface area (Å²) in [5, 5.41) is 11.7. The number of carbonyl (C=O) groups is 2. The molecule has 0 aromatic heterocycles. The number of amides is 2. The van der Waals surface area contributed by atoms with Crippen molar-refractivity contribution in [3.63, 3.8) is 0 Å². The van der Waals surface area contributed by atoms with Crippen LogP contribution in [0, 0.1) is 5.92 Å². The molecule has 0 bridgehead atoms. The van der Waals surface area contributed by atoms with Crippen molar-refractivity contribution >= 4 is 41.2 Å². The van der Waals surface area contributed by atoms with Gasteiger partial charge in [-0.2, -0.15) is 0 Å². The van der Waals surface area contributed by atoms with Gasteiger partial charge in [0.25, 0.3) is 0 Å². The summed E-state index contributed by atoms with van der Waals surface area (Å²) < 4.78 is 0.432. The molecular weight excluding hydrogens is 320 g/mol. The summed E-state index contributed by atoms with van der Waals surface area (Å²) in [4.78, 5) is 24.4. The summed E-state index contributed by atoms with van der Waals surface area (Å²) in [5.74, 6) is 0.814. The summed E-state index contributed by atoms with van der Waals surface area (Å²) in [6.07, 6.45) is 0. The molecule has 2 N–H and O–H groups in total. The van der Waals surface area contributed by atoms with Gasteiger partial charge in [0.1, 0.15) is 0 Å². The van der Waals surface area contributed by atoms with E-state index in [1.165, 1.54) is 10.5 Å². The molecule has 1 unspecified atom stereocenters. The quantitative estimate of drug-likeness (QED) is 0.860. The second-order valence-electron chi connectivity index (χ2n) is 5.25. The van der Waals surface area contributed by atoms with Crippen molar-refractivity contribution in [2.75, 3.05) is 30.4 Å². The third kappa shape index (κ3) is 4.58. The zero-order valence-corrected chi connectivity index (χ0v) is 14.2. The first-order valence-electron chi connectivity index (χ1n) is 7.05. The lowest BCUT2D eigenvalue weighted by Gasteiger charge is -2.20. The Labute approximate surface area is 138 Å². The lowest BCUT2D eigenvalue weighted by molar-refractivity contribution is -0.141. The number of urea groups is 1. The van der Waals surface area contributed by atoms with E-state index in [4.69, 9.17) is 5.11 Å². The number of thioether (sulfide) groups is 2. The molecule has 1 heterocycles. The number of anilines is 1. The molecule has 2 amide bonds. The minimum absolute atomic E-state index is 0.176. The molecule has 7 heteroatoms. The summed E-state index contributed by atoms with van der Waals surface area (Å²) in [6.45, 7) is 1.76. The van der Waals surface area contributed by atoms with E-state index in [0.29, 0.717) is 4.58 Å². The molecule has 22 heavy (non-hydrogen) atoms. The van der Waals surface area contributed by atoms with E-state index < -0.39 is 11.9 Å². The molecule has 1 saturated heterocycles. The Balaban J connectivity index is 1.96. The van der Waals surface area contributed by atoms with Crippen LogP contribution in [0.1, 0.15) is 17.1 Å². The number of benzene rings is 1. The Morgan fingerprint density at radius 1 is 1.41 bits per heavy atom. The fraction of sp³-hybridized carbons (Fsp3) is 0.467. The van der Waals surface area contributed by atoms with Gasteiger partial charge in [0.05, 0.1) is 10.5 Å². The van der Waals surface area contributed by atoms with Crippen LogP contribution in [0.3, 0.4) is 0 Å². The highest BCUT2D eigenvalue weighted by Gasteiger charge is 2.20. The van der Waals surface area contributed by atoms with E-state index in [0.717, 1.165) is 17.2 Å². The maximum absolute atomic E-state index is 12.1. The Morgan fingerprint density at radius 3 is 2.73 bits per heavy atom. The maximum atomic E-state index is 12.1. The predicted molar refractivity (Wildman–Crippen MR) is 92.5 cm³/mol. The van der Waals surface area contributed by atoms with E-state index in [9.17, 15) is 9.59 Å². The van der Waals surface area contributed by atoms with Crippen molar-refractivity contribution in [1.82, 2.24) is 4.90 Å². The average molecular weight is 340 g/mol. The van der Waals surface area contributed by atoms with Gasteiger partial charge in [0.2, 0.25) is 0 Å². The van der Waals surface area contributed by atoms with Crippen LogP contribution in [0.5, 0.6) is 0 Å². The number of aliphatic carboxylic acids is 1. The van der Waals surface area contributed by atoms with Gasteiger partial charge in [0.15, 0.2) is 0 Å². The van der Waals surface area contributed by atoms with E-state index in [1.807, 2.05) is 41.7 Å². The number of carboxylic acids is 1. The molecule has 0 spiro atoms. The summed E-state index contributed by atoms with van der Waals surface area (Å²) in [6, 6.07) is 7.55. The number of carboxylic acid groups (broad SMARTS) is 1. The Morgan fingerprint density at radius 2 is 2.09 bits per heavy atom. The van der Waals surface area contributed by atoms with Crippen LogP contribution in [0.2, 0.25) is 0 Å². The number of hydrogen-bond donors (Lipinski definition) is 2. The molecule has 0 aliphatic carbocycles. The number of carbonyl (C=O) groups excluding carboxylic acids is 1. The van der Waals surface area contributed by atoms with Crippen LogP contribution >= 0.6 is 23.5 Å². The summed E-state index contributed by atoms with van der Waals surface area (Å²) >= 11 is 3.83. The van der Waals surface area contributed by atoms with Crippen LogP contribution in [0.25, 0.3) is 0 Å². The van der Waals surface area contributed by atoms with Crippen LogP contribution in [0.15, 0.2) is 24.3 Å². The van der Waals surface area contributed by atoms with Gasteiger partial charge in [-0.05, 0) is 17.7 Å². The highest BCUT2D eigenvalue weighted by molar-refractivity contribution is 8.19. The SMILES string of the molecule is CC(CN(C)C(=O)Nc1cccc(C2SCCS2)c1)C(=O)O. The average Bonchev–Trinajstić information content (AvgIpc) is 3.01. The van der Waals surface area contributed by atoms with Crippen LogP contribution in [-0.4, -0.2) is 47.1 Å². The number of nitrogens with one attached hydrogen (secondary N) is 1. The third-order valence-electron chi connectivity index (χ3n) is 3.35. The molecule has 1 aromatic carbocycles. The summed E-state index contributed by atoms with van der Waals surface area (Å²) in [7, 11) is 1.60. The topological polar surface area (TPSA) is 69.6 Å². The van der Waals surface area contributed by atoms with Crippen molar-refractivity contribution < 1.29 is 14.7 Å². The highest BCUT2D eigenvalue weighted by Crippen LogP contribution is 2.45. The molecule has 0 saturated carbocycles. The molecule has 120 valence electrons. The first-order chi connectivity index (χ1) is 10.5. The van der Waals surface area contributed by atoms with Gasteiger partial charge >= 0.3 is 12.0 Å². The fourth-order valence-electron chi connectivity index (χ4n) is 2.10. The van der Waals surface area contributed by atoms with Crippen LogP contribution in [0.4, 0.5) is 10.5 Å². The monoisotopic (exact) mass is 340 g/mol. The summed E-state index contributed by atoms with van der Waals surface area (Å²) in [5.41, 5.74) is 1.94. The zero-order valence-electron chi connectivity index (χ0n) is 12.6. The van der Waals surface area contributed by atoms with Gasteiger partial charge in [-0.25, -0.2) is 4.79 Å². The van der Waals surface area contributed by atoms with Crippen molar-refractivity contribution in [3.05, 3.63) is 29.8 Å². The van der Waals surface area contributed by atoms with Gasteiger partial charge in [-0.15, -0.1) is 23.5 Å². The van der Waals surface area contributed by atoms with E-state index in [-0.39, 0.29) is 12.6 Å². The van der Waals surface area contributed by atoms with Crippen molar-refractivity contribution in [2.45, 2.75) is 11.5 Å². The smallest absolute Gasteiger partial charge is 0.321 e. The van der Waals surface area contributed by atoms with Crippen molar-refractivity contribution in [1.29, 1.82) is 0 Å². The number of rotatable bonds is 5. The van der Waals surface area contributed by atoms with Crippen molar-refractivity contribution in [2.24, 2.45) is 5.92 Å². The van der Waals surface area contributed by atoms with E-state index >= 15 is 0 Å². The van der Waals surface area contributed by atoms with Crippen LogP contribution < -0.4 is 5.32 Å². The minimum atomic E-state index is -0.906. The Bertz CT molecular complexity index is 547. The van der Waals surface area contributed by atoms with Gasteiger partial charge in [0, 0.05) is 30.8 Å². The fourth-order valence-corrected chi connectivity index (χ4v) is 4.94. The molecular formula is C15H20N2O3S2. The molecule has 2 rings (SSSR count). The molecule has 5 nitrogen and oxygen atoms in total. The Hall–Kier alpha value is -1.34. The number of nitrogens with zero attached hydrogens (tertiary/aromatic N) is 1. The molecule has 1 atom stereocenters. The lowest BCUT2D eigenvalue weighted by Crippen LogP contribution is -2.36. The first kappa shape index (κ1) is 17.0. The second-order valence-corrected chi connectivity index (χ2v) is 7.97. The van der Waals surface area contributed by atoms with Gasteiger partial charge in [-0.1, -0.05) is 19.1 Å². The van der Waals surface area contributed by atoms with Gasteiger partial charge < -0.3 is 15.3 Å². The van der Waals surface area contributed by atoms with E-state index in [2.05, 4.69) is 11.4 Å². The predicted octanol–water partition coefficient (Wildman–Crippen LogP) is 3.35. The normalized spacial score (nSPS) is 16.3. The van der Waals surface area contributed by atoms with Gasteiger partial charge in [-0.3, -0.25) is 4.79 Å². The van der Waals surface area contributed by atoms with Crippen LogP contribution in [-0.2, 0) is 4.79 Å². The molecule has 1 aromatic rings. The minimum Gasteiger partial charge on any atom is -0.481 e. The molecule has 1 aliphatic rings. The third-order valence-corrected chi connectivity index (χ3v) is 6.45. The van der Waals surface area contributed by atoms with Crippen molar-refractivity contribution in [3.8, 4) is 0 Å². The van der Waals surface area contributed by atoms with E-state index in [1.54, 1.807) is 14.0 Å². The first-order valence-corrected chi connectivity index (χ1v) is 9.15. The molecule has 0 radical (unpaired) electrons. The maximum Gasteiger partial charge on any atom is 0.321 e. The lowest BCUT2D eigenvalue weighted by atomic mass is 10.2. The number of hydrogen-bond acceptors (Lipinski definition) is 4. The zero-order chi connectivity index (χ0) is 16.1. The standard InChI is InChI=1S/C15H20N2O3S2/c1-10(13(18)19)9-17(2)15(20)16-12-5-3-4-11(8-12)14-21-6-7-22-14/h3-5,8,10,14H,6-7,9H2,1-2H3,(H,16,20)(H,18,19). The largest absolute Gasteiger partial charge is 0.481 e. The molecule has 1 fully saturated rings.